The van der Waals surface area contributed by atoms with Crippen LogP contribution in [0.3, 0.4) is 0 Å². The Morgan fingerprint density at radius 2 is 1.85 bits per heavy atom. The maximum Gasteiger partial charge on any atom is 0.262 e. The van der Waals surface area contributed by atoms with Gasteiger partial charge in [0.25, 0.3) is 5.69 Å². The second kappa shape index (κ2) is 6.65. The first-order chi connectivity index (χ1) is 9.60. The molecule has 0 atom stereocenters. The van der Waals surface area contributed by atoms with Crippen molar-refractivity contribution in [2.24, 2.45) is 0 Å². The topological polar surface area (TPSA) is 95.3 Å². The number of rotatable bonds is 5. The Hall–Kier alpha value is -1.70. The highest BCUT2D eigenvalue weighted by Gasteiger charge is 2.22. The predicted octanol–water partition coefficient (Wildman–Crippen LogP) is -3.06. The molecule has 7 nitrogen and oxygen atoms in total. The summed E-state index contributed by atoms with van der Waals surface area (Å²) in [4.78, 5) is 12.9. The summed E-state index contributed by atoms with van der Waals surface area (Å²) in [7, 11) is 0. The van der Waals surface area contributed by atoms with Crippen molar-refractivity contribution in [2.45, 2.75) is 6.54 Å². The number of hydrogen-bond acceptors (Lipinski definition) is 4. The Balaban J connectivity index is 1.94. The Labute approximate surface area is 117 Å². The van der Waals surface area contributed by atoms with E-state index in [-0.39, 0.29) is 12.3 Å². The minimum absolute atomic E-state index is 0.210. The fourth-order valence-corrected chi connectivity index (χ4v) is 2.65. The first kappa shape index (κ1) is 14.7. The fraction of sp³-hybridized carbons (Fsp3) is 0.538. The molecule has 0 amide bonds. The SMILES string of the molecule is O=[N+]([O-])c1cc(C[NH+]2CC[NH+](CCO)CC2)ccc1[O-]. The summed E-state index contributed by atoms with van der Waals surface area (Å²) in [5, 5.41) is 31.0. The summed E-state index contributed by atoms with van der Waals surface area (Å²) in [6.45, 7) is 5.64. The van der Waals surface area contributed by atoms with Crippen LogP contribution in [-0.4, -0.2) is 49.4 Å². The van der Waals surface area contributed by atoms with Gasteiger partial charge in [0.05, 0.1) is 11.5 Å². The monoisotopic (exact) mass is 282 g/mol. The lowest BCUT2D eigenvalue weighted by Gasteiger charge is -2.29. The van der Waals surface area contributed by atoms with Gasteiger partial charge in [0.15, 0.2) is 0 Å². The van der Waals surface area contributed by atoms with Gasteiger partial charge in [0.1, 0.15) is 39.3 Å². The molecule has 1 heterocycles. The van der Waals surface area contributed by atoms with E-state index in [2.05, 4.69) is 0 Å². The van der Waals surface area contributed by atoms with Gasteiger partial charge >= 0.3 is 0 Å². The summed E-state index contributed by atoms with van der Waals surface area (Å²) < 4.78 is 0. The molecule has 0 aromatic heterocycles. The zero-order valence-corrected chi connectivity index (χ0v) is 11.3. The van der Waals surface area contributed by atoms with E-state index in [1.165, 1.54) is 21.9 Å². The quantitative estimate of drug-likeness (QED) is 0.395. The number of nitrogens with one attached hydrogen (secondary N) is 2. The summed E-state index contributed by atoms with van der Waals surface area (Å²) in [5.74, 6) is -0.536. The van der Waals surface area contributed by atoms with Crippen LogP contribution in [0.2, 0.25) is 0 Å². The Kier molecular flexibility index (Phi) is 4.89. The molecule has 1 aliphatic rings. The van der Waals surface area contributed by atoms with E-state index in [1.807, 2.05) is 0 Å². The number of aliphatic hydroxyl groups is 1. The molecule has 20 heavy (non-hydrogen) atoms. The lowest BCUT2D eigenvalue weighted by atomic mass is 10.1. The number of benzene rings is 1. The maximum atomic E-state index is 11.3. The highest BCUT2D eigenvalue weighted by Crippen LogP contribution is 2.23. The lowest BCUT2D eigenvalue weighted by molar-refractivity contribution is -1.02. The smallest absolute Gasteiger partial charge is 0.262 e. The van der Waals surface area contributed by atoms with Gasteiger partial charge in [-0.1, -0.05) is 12.1 Å². The zero-order chi connectivity index (χ0) is 14.5. The average Bonchev–Trinajstić information content (AvgIpc) is 2.43. The molecule has 1 aliphatic heterocycles. The standard InChI is InChI=1S/C13H19N3O4/c17-8-7-14-3-5-15(6-4-14)10-11-1-2-13(18)12(9-11)16(19)20/h1-2,9,17-18H,3-8,10H2/p+1. The van der Waals surface area contributed by atoms with Crippen molar-refractivity contribution in [2.75, 3.05) is 39.3 Å². The lowest BCUT2D eigenvalue weighted by Crippen LogP contribution is -3.27. The molecule has 0 aliphatic carbocycles. The highest BCUT2D eigenvalue weighted by atomic mass is 16.6. The van der Waals surface area contributed by atoms with E-state index in [4.69, 9.17) is 5.11 Å². The Morgan fingerprint density at radius 3 is 2.45 bits per heavy atom. The van der Waals surface area contributed by atoms with E-state index in [0.717, 1.165) is 38.3 Å². The maximum absolute atomic E-state index is 11.3. The van der Waals surface area contributed by atoms with Crippen molar-refractivity contribution in [1.82, 2.24) is 0 Å². The molecule has 7 heteroatoms. The molecule has 1 aromatic carbocycles. The normalized spacial score (nSPS) is 22.6. The second-order valence-electron chi connectivity index (χ2n) is 5.21. The number of nitrogens with zero attached hydrogens (tertiary/aromatic N) is 1. The van der Waals surface area contributed by atoms with Crippen LogP contribution in [0.25, 0.3) is 0 Å². The minimum atomic E-state index is -0.621. The van der Waals surface area contributed by atoms with Crippen LogP contribution in [0, 0.1) is 10.1 Å². The zero-order valence-electron chi connectivity index (χ0n) is 11.3. The molecule has 1 aromatic rings. The van der Waals surface area contributed by atoms with Gasteiger partial charge < -0.3 is 20.0 Å². The molecule has 1 fully saturated rings. The molecular formula is C13H20N3O4+. The third-order valence-electron chi connectivity index (χ3n) is 3.80. The Morgan fingerprint density at radius 1 is 1.20 bits per heavy atom. The molecule has 2 rings (SSSR count). The van der Waals surface area contributed by atoms with Crippen LogP contribution in [0.1, 0.15) is 5.56 Å². The molecule has 0 spiro atoms. The molecular weight excluding hydrogens is 262 g/mol. The average molecular weight is 282 g/mol. The largest absolute Gasteiger partial charge is 0.868 e. The molecule has 110 valence electrons. The van der Waals surface area contributed by atoms with Crippen LogP contribution in [0.5, 0.6) is 5.75 Å². The van der Waals surface area contributed by atoms with E-state index < -0.39 is 10.7 Å². The van der Waals surface area contributed by atoms with E-state index in [0.29, 0.717) is 6.54 Å². The number of aliphatic hydroxyl groups excluding tert-OH is 1. The van der Waals surface area contributed by atoms with Gasteiger partial charge in [-0.25, -0.2) is 0 Å². The van der Waals surface area contributed by atoms with Crippen molar-refractivity contribution in [3.63, 3.8) is 0 Å². The molecule has 3 N–H and O–H groups in total. The van der Waals surface area contributed by atoms with Crippen LogP contribution in [-0.2, 0) is 6.54 Å². The van der Waals surface area contributed by atoms with Gasteiger partial charge in [-0.2, -0.15) is 0 Å². The van der Waals surface area contributed by atoms with Crippen molar-refractivity contribution >= 4 is 5.69 Å². The summed E-state index contributed by atoms with van der Waals surface area (Å²) in [6.07, 6.45) is 0. The van der Waals surface area contributed by atoms with E-state index in [9.17, 15) is 15.2 Å². The molecule has 0 unspecified atom stereocenters. The minimum Gasteiger partial charge on any atom is -0.868 e. The van der Waals surface area contributed by atoms with Crippen LogP contribution in [0.15, 0.2) is 18.2 Å². The Bertz CT molecular complexity index is 473. The van der Waals surface area contributed by atoms with Gasteiger partial charge in [0, 0.05) is 11.6 Å². The molecule has 1 saturated heterocycles. The number of quaternary nitrogens is 2. The number of nitro benzene ring substituents is 1. The molecule has 0 radical (unpaired) electrons. The first-order valence-electron chi connectivity index (χ1n) is 6.82. The van der Waals surface area contributed by atoms with Gasteiger partial charge in [-0.15, -0.1) is 0 Å². The van der Waals surface area contributed by atoms with Crippen LogP contribution in [0.4, 0.5) is 5.69 Å². The fourth-order valence-electron chi connectivity index (χ4n) is 2.65. The third kappa shape index (κ3) is 3.66. The van der Waals surface area contributed by atoms with Gasteiger partial charge in [0.2, 0.25) is 0 Å². The van der Waals surface area contributed by atoms with Crippen molar-refractivity contribution in [1.29, 1.82) is 0 Å². The summed E-state index contributed by atoms with van der Waals surface area (Å²) >= 11 is 0. The number of piperazine rings is 1. The highest BCUT2D eigenvalue weighted by molar-refractivity contribution is 5.46. The second-order valence-corrected chi connectivity index (χ2v) is 5.21. The molecule has 0 saturated carbocycles. The summed E-state index contributed by atoms with van der Waals surface area (Å²) in [6, 6.07) is 4.34. The van der Waals surface area contributed by atoms with Crippen molar-refractivity contribution in [3.8, 4) is 5.75 Å². The van der Waals surface area contributed by atoms with Gasteiger partial charge in [-0.05, 0) is 5.75 Å². The van der Waals surface area contributed by atoms with Crippen molar-refractivity contribution < 1.29 is 24.9 Å². The molecule has 0 bridgehead atoms. The predicted molar refractivity (Wildman–Crippen MR) is 69.6 cm³/mol. The van der Waals surface area contributed by atoms with Crippen LogP contribution < -0.4 is 14.9 Å². The summed E-state index contributed by atoms with van der Waals surface area (Å²) in [5.41, 5.74) is 0.489. The van der Waals surface area contributed by atoms with Gasteiger partial charge in [-0.3, -0.25) is 10.1 Å². The van der Waals surface area contributed by atoms with E-state index >= 15 is 0 Å². The first-order valence-corrected chi connectivity index (χ1v) is 6.82. The van der Waals surface area contributed by atoms with E-state index in [1.54, 1.807) is 6.07 Å². The van der Waals surface area contributed by atoms with Crippen molar-refractivity contribution in [3.05, 3.63) is 33.9 Å². The number of hydrogen-bond donors (Lipinski definition) is 3. The third-order valence-corrected chi connectivity index (χ3v) is 3.80. The van der Waals surface area contributed by atoms with Crippen LogP contribution >= 0.6 is 0 Å². The number of nitro groups is 1.